The van der Waals surface area contributed by atoms with Crippen molar-refractivity contribution < 1.29 is 17.8 Å². The van der Waals surface area contributed by atoms with Crippen LogP contribution in [0.2, 0.25) is 0 Å². The number of thiocarbonyl (C=S) groups is 1. The van der Waals surface area contributed by atoms with E-state index in [1.807, 2.05) is 30.3 Å². The molecule has 0 aliphatic carbocycles. The molecule has 2 rings (SSSR count). The predicted octanol–water partition coefficient (Wildman–Crippen LogP) is 2.90. The second-order valence-electron chi connectivity index (χ2n) is 4.56. The van der Waals surface area contributed by atoms with Crippen molar-refractivity contribution in [1.29, 1.82) is 0 Å². The molecule has 23 heavy (non-hydrogen) atoms. The minimum atomic E-state index is -4.16. The van der Waals surface area contributed by atoms with E-state index in [0.29, 0.717) is 9.94 Å². The molecule has 0 aromatic heterocycles. The molecule has 1 aliphatic rings. The Morgan fingerprint density at radius 1 is 1.35 bits per heavy atom. The van der Waals surface area contributed by atoms with E-state index in [-0.39, 0.29) is 10.9 Å². The Morgan fingerprint density at radius 3 is 2.61 bits per heavy atom. The first-order chi connectivity index (χ1) is 10.8. The summed E-state index contributed by atoms with van der Waals surface area (Å²) in [6.07, 6.45) is 3.19. The molecule has 0 unspecified atom stereocenters. The molecule has 1 amide bonds. The molecular weight excluding hydrogens is 378 g/mol. The molecule has 1 saturated heterocycles. The molecule has 122 valence electrons. The monoisotopic (exact) mass is 389 g/mol. The number of halogens is 1. The lowest BCUT2D eigenvalue weighted by atomic mass is 10.2. The summed E-state index contributed by atoms with van der Waals surface area (Å²) in [6.45, 7) is -0.194. The molecule has 1 aliphatic heterocycles. The fourth-order valence-corrected chi connectivity index (χ4v) is 3.79. The van der Waals surface area contributed by atoms with Gasteiger partial charge < -0.3 is 0 Å². The van der Waals surface area contributed by atoms with Crippen LogP contribution >= 0.6 is 35.6 Å². The van der Waals surface area contributed by atoms with Crippen LogP contribution in [0.15, 0.2) is 46.3 Å². The average molecular weight is 390 g/mol. The van der Waals surface area contributed by atoms with Crippen molar-refractivity contribution >= 4 is 62.0 Å². The third kappa shape index (κ3) is 5.43. The smallest absolute Gasteiger partial charge is 0.266 e. The van der Waals surface area contributed by atoms with E-state index in [1.54, 1.807) is 6.08 Å². The van der Waals surface area contributed by atoms with Gasteiger partial charge in [0.05, 0.1) is 10.7 Å². The second kappa shape index (κ2) is 7.59. The first-order valence-corrected chi connectivity index (χ1v) is 9.60. The van der Waals surface area contributed by atoms with Crippen LogP contribution in [-0.2, 0) is 14.9 Å². The fraction of sp³-hybridized carbons (Fsp3) is 0.143. The highest BCUT2D eigenvalue weighted by atomic mass is 35.5. The largest absolute Gasteiger partial charge is 0.292 e. The van der Waals surface area contributed by atoms with Gasteiger partial charge in [-0.25, -0.2) is 0 Å². The second-order valence-corrected chi connectivity index (χ2v) is 8.24. The van der Waals surface area contributed by atoms with E-state index in [4.69, 9.17) is 28.4 Å². The zero-order valence-electron chi connectivity index (χ0n) is 11.7. The number of allylic oxidation sites excluding steroid dienone is 2. The first kappa shape index (κ1) is 18.2. The van der Waals surface area contributed by atoms with Gasteiger partial charge in [0.25, 0.3) is 16.0 Å². The van der Waals surface area contributed by atoms with Gasteiger partial charge in [-0.3, -0.25) is 14.2 Å². The number of carbonyl (C=O) groups excluding carboxylic acids is 1. The minimum absolute atomic E-state index is 0.194. The molecule has 1 fully saturated rings. The van der Waals surface area contributed by atoms with Gasteiger partial charge in [-0.05, 0) is 17.7 Å². The van der Waals surface area contributed by atoms with E-state index >= 15 is 0 Å². The Kier molecular flexibility index (Phi) is 5.99. The quantitative estimate of drug-likeness (QED) is 0.474. The number of hydrogen-bond donors (Lipinski definition) is 1. The highest BCUT2D eigenvalue weighted by Gasteiger charge is 2.32. The summed E-state index contributed by atoms with van der Waals surface area (Å²) in [4.78, 5) is 13.6. The minimum Gasteiger partial charge on any atom is -0.292 e. The molecule has 0 atom stereocenters. The van der Waals surface area contributed by atoms with Crippen molar-refractivity contribution in [3.05, 3.63) is 51.9 Å². The third-order valence-electron chi connectivity index (χ3n) is 2.82. The predicted molar refractivity (Wildman–Crippen MR) is 96.7 cm³/mol. The van der Waals surface area contributed by atoms with Crippen LogP contribution < -0.4 is 0 Å². The molecule has 0 spiro atoms. The van der Waals surface area contributed by atoms with Crippen LogP contribution in [0.25, 0.3) is 6.08 Å². The van der Waals surface area contributed by atoms with Crippen LogP contribution in [0, 0.1) is 0 Å². The number of amides is 1. The SMILES string of the molecule is O=C1/C(=C\C(Cl)=C/c2ccccc2)SC(=S)N1CCS(=O)(=O)O. The number of rotatable bonds is 5. The van der Waals surface area contributed by atoms with Gasteiger partial charge in [0.2, 0.25) is 0 Å². The average Bonchev–Trinajstić information content (AvgIpc) is 2.71. The topological polar surface area (TPSA) is 74.7 Å². The fourth-order valence-electron chi connectivity index (χ4n) is 1.77. The summed E-state index contributed by atoms with van der Waals surface area (Å²) in [7, 11) is -4.16. The normalized spacial score (nSPS) is 18.1. The number of hydrogen-bond acceptors (Lipinski definition) is 5. The molecule has 0 bridgehead atoms. The van der Waals surface area contributed by atoms with Crippen molar-refractivity contribution in [3.63, 3.8) is 0 Å². The molecular formula is C14H12ClNO4S3. The van der Waals surface area contributed by atoms with Crippen LogP contribution in [0.1, 0.15) is 5.56 Å². The number of thioether (sulfide) groups is 1. The Hall–Kier alpha value is -1.19. The van der Waals surface area contributed by atoms with Gasteiger partial charge in [-0.15, -0.1) is 0 Å². The molecule has 1 aromatic rings. The molecule has 1 aromatic carbocycles. The summed E-state index contributed by atoms with van der Waals surface area (Å²) in [5.74, 6) is -0.997. The van der Waals surface area contributed by atoms with Gasteiger partial charge in [0.15, 0.2) is 0 Å². The summed E-state index contributed by atoms with van der Waals surface area (Å²) >= 11 is 12.2. The number of benzene rings is 1. The van der Waals surface area contributed by atoms with E-state index in [0.717, 1.165) is 22.2 Å². The lowest BCUT2D eigenvalue weighted by Gasteiger charge is -2.12. The van der Waals surface area contributed by atoms with Gasteiger partial charge in [0.1, 0.15) is 4.32 Å². The molecule has 1 heterocycles. The first-order valence-electron chi connectivity index (χ1n) is 6.39. The Labute approximate surface area is 148 Å². The molecule has 1 N–H and O–H groups in total. The molecule has 9 heteroatoms. The molecule has 0 radical (unpaired) electrons. The van der Waals surface area contributed by atoms with Crippen molar-refractivity contribution in [1.82, 2.24) is 4.90 Å². The molecule has 5 nitrogen and oxygen atoms in total. The maximum Gasteiger partial charge on any atom is 0.266 e. The summed E-state index contributed by atoms with van der Waals surface area (Å²) in [5, 5.41) is 0.353. The Balaban J connectivity index is 2.13. The van der Waals surface area contributed by atoms with Crippen LogP contribution in [0.5, 0.6) is 0 Å². The van der Waals surface area contributed by atoms with Crippen LogP contribution in [0.4, 0.5) is 0 Å². The van der Waals surface area contributed by atoms with Gasteiger partial charge in [-0.1, -0.05) is 65.9 Å². The maximum absolute atomic E-state index is 12.2. The van der Waals surface area contributed by atoms with E-state index in [1.165, 1.54) is 6.08 Å². The maximum atomic E-state index is 12.2. The number of nitrogens with zero attached hydrogens (tertiary/aromatic N) is 1. The lowest BCUT2D eigenvalue weighted by molar-refractivity contribution is -0.122. The van der Waals surface area contributed by atoms with Gasteiger partial charge >= 0.3 is 0 Å². The van der Waals surface area contributed by atoms with E-state index in [9.17, 15) is 13.2 Å². The van der Waals surface area contributed by atoms with Crippen molar-refractivity contribution in [3.8, 4) is 0 Å². The lowest BCUT2D eigenvalue weighted by Crippen LogP contribution is -2.32. The summed E-state index contributed by atoms with van der Waals surface area (Å²) in [6, 6.07) is 9.35. The highest BCUT2D eigenvalue weighted by Crippen LogP contribution is 2.32. The standard InChI is InChI=1S/C14H12ClNO4S3/c15-11(8-10-4-2-1-3-5-10)9-12-13(17)16(14(21)22-12)6-7-23(18,19)20/h1-5,8-9H,6-7H2,(H,18,19,20)/b11-8+,12-9+. The van der Waals surface area contributed by atoms with Gasteiger partial charge in [0, 0.05) is 11.6 Å². The van der Waals surface area contributed by atoms with Crippen molar-refractivity contribution in [2.45, 2.75) is 0 Å². The van der Waals surface area contributed by atoms with Crippen molar-refractivity contribution in [2.24, 2.45) is 0 Å². The summed E-state index contributed by atoms with van der Waals surface area (Å²) in [5.41, 5.74) is 0.885. The molecule has 0 saturated carbocycles. The third-order valence-corrected chi connectivity index (χ3v) is 5.11. The summed E-state index contributed by atoms with van der Waals surface area (Å²) < 4.78 is 30.6. The van der Waals surface area contributed by atoms with Crippen molar-refractivity contribution in [2.75, 3.05) is 12.3 Å². The van der Waals surface area contributed by atoms with Crippen LogP contribution in [-0.4, -0.2) is 40.4 Å². The van der Waals surface area contributed by atoms with Gasteiger partial charge in [-0.2, -0.15) is 8.42 Å². The Bertz CT molecular complexity index is 788. The highest BCUT2D eigenvalue weighted by molar-refractivity contribution is 8.26. The van der Waals surface area contributed by atoms with E-state index in [2.05, 4.69) is 0 Å². The number of carbonyl (C=O) groups is 1. The Morgan fingerprint density at radius 2 is 2.00 bits per heavy atom. The zero-order chi connectivity index (χ0) is 17.0. The zero-order valence-corrected chi connectivity index (χ0v) is 14.9. The van der Waals surface area contributed by atoms with E-state index < -0.39 is 21.8 Å². The van der Waals surface area contributed by atoms with Crippen LogP contribution in [0.3, 0.4) is 0 Å².